The van der Waals surface area contributed by atoms with Crippen LogP contribution in [0, 0.1) is 0 Å². The van der Waals surface area contributed by atoms with Crippen molar-refractivity contribution in [1.82, 2.24) is 0 Å². The van der Waals surface area contributed by atoms with Gasteiger partial charge in [-0.2, -0.15) is 0 Å². The Morgan fingerprint density at radius 3 is 2.27 bits per heavy atom. The Morgan fingerprint density at radius 2 is 1.67 bits per heavy atom. The molecular formula is C12H23NO2. The molecule has 0 aromatic rings. The van der Waals surface area contributed by atoms with Gasteiger partial charge in [-0.25, -0.2) is 9.79 Å². The third kappa shape index (κ3) is 13.3. The number of unbranched alkanes of at least 4 members (excludes halogenated alkanes) is 5. The van der Waals surface area contributed by atoms with E-state index in [4.69, 9.17) is 4.74 Å². The summed E-state index contributed by atoms with van der Waals surface area (Å²) in [5.41, 5.74) is 0. The fourth-order valence-electron chi connectivity index (χ4n) is 1.35. The van der Waals surface area contributed by atoms with Crippen LogP contribution in [0.3, 0.4) is 0 Å². The van der Waals surface area contributed by atoms with E-state index < -0.39 is 0 Å². The van der Waals surface area contributed by atoms with Crippen molar-refractivity contribution in [3.8, 4) is 0 Å². The molecule has 0 N–H and O–H groups in total. The van der Waals surface area contributed by atoms with Gasteiger partial charge in [0.15, 0.2) is 0 Å². The summed E-state index contributed by atoms with van der Waals surface area (Å²) in [6.45, 7) is 4.56. The molecule has 0 fully saturated rings. The molecule has 0 aromatic carbocycles. The average Bonchev–Trinajstić information content (AvgIpc) is 2.26. The lowest BCUT2D eigenvalue weighted by atomic mass is 10.2. The maximum absolute atomic E-state index is 9.75. The van der Waals surface area contributed by atoms with Crippen molar-refractivity contribution in [2.75, 3.05) is 19.8 Å². The summed E-state index contributed by atoms with van der Waals surface area (Å²) in [5, 5.41) is 0. The molecule has 0 rings (SSSR count). The number of aliphatic imine (C=N–C) groups is 1. The zero-order chi connectivity index (χ0) is 11.2. The minimum absolute atomic E-state index is 0.611. The Kier molecular flexibility index (Phi) is 12.8. The Labute approximate surface area is 92.9 Å². The second-order valence-electron chi connectivity index (χ2n) is 3.71. The average molecular weight is 213 g/mol. The van der Waals surface area contributed by atoms with E-state index in [1.807, 2.05) is 0 Å². The normalized spacial score (nSPS) is 9.93. The number of isocyanates is 1. The lowest BCUT2D eigenvalue weighted by Gasteiger charge is -2.03. The maximum Gasteiger partial charge on any atom is 0.234 e. The minimum Gasteiger partial charge on any atom is -0.381 e. The van der Waals surface area contributed by atoms with Gasteiger partial charge in [-0.15, -0.1) is 0 Å². The van der Waals surface area contributed by atoms with Gasteiger partial charge in [0.05, 0.1) is 6.54 Å². The van der Waals surface area contributed by atoms with Crippen LogP contribution >= 0.6 is 0 Å². The van der Waals surface area contributed by atoms with E-state index in [2.05, 4.69) is 11.9 Å². The molecular weight excluding hydrogens is 190 g/mol. The molecule has 0 aliphatic heterocycles. The zero-order valence-corrected chi connectivity index (χ0v) is 9.83. The molecule has 0 radical (unpaired) electrons. The van der Waals surface area contributed by atoms with Crippen LogP contribution in [0.4, 0.5) is 0 Å². The predicted octanol–water partition coefficient (Wildman–Crippen LogP) is 3.09. The molecule has 0 aromatic heterocycles. The van der Waals surface area contributed by atoms with Crippen molar-refractivity contribution < 1.29 is 9.53 Å². The maximum atomic E-state index is 9.75. The van der Waals surface area contributed by atoms with E-state index in [9.17, 15) is 4.79 Å². The fraction of sp³-hybridized carbons (Fsp3) is 0.917. The molecule has 15 heavy (non-hydrogen) atoms. The summed E-state index contributed by atoms with van der Waals surface area (Å²) in [6, 6.07) is 0. The van der Waals surface area contributed by atoms with Crippen molar-refractivity contribution in [3.63, 3.8) is 0 Å². The van der Waals surface area contributed by atoms with Gasteiger partial charge < -0.3 is 4.74 Å². The standard InChI is InChI=1S/C12H23NO2/c1-2-3-4-7-10-15-11-8-5-6-9-13-12-14/h2-11H2,1H3. The van der Waals surface area contributed by atoms with Gasteiger partial charge in [0.2, 0.25) is 6.08 Å². The summed E-state index contributed by atoms with van der Waals surface area (Å²) >= 11 is 0. The molecule has 0 atom stereocenters. The summed E-state index contributed by atoms with van der Waals surface area (Å²) in [7, 11) is 0. The molecule has 0 heterocycles. The first-order valence-corrected chi connectivity index (χ1v) is 6.03. The van der Waals surface area contributed by atoms with Gasteiger partial charge in [0.1, 0.15) is 0 Å². The molecule has 0 bridgehead atoms. The second kappa shape index (κ2) is 13.3. The third-order valence-electron chi connectivity index (χ3n) is 2.27. The van der Waals surface area contributed by atoms with E-state index in [0.29, 0.717) is 6.54 Å². The van der Waals surface area contributed by atoms with Crippen LogP contribution in [0.25, 0.3) is 0 Å². The molecule has 0 saturated carbocycles. The van der Waals surface area contributed by atoms with Crippen molar-refractivity contribution in [2.45, 2.75) is 51.9 Å². The zero-order valence-electron chi connectivity index (χ0n) is 9.83. The first kappa shape index (κ1) is 14.3. The highest BCUT2D eigenvalue weighted by molar-refractivity contribution is 5.32. The van der Waals surface area contributed by atoms with Crippen molar-refractivity contribution in [1.29, 1.82) is 0 Å². The van der Waals surface area contributed by atoms with Crippen LogP contribution < -0.4 is 0 Å². The van der Waals surface area contributed by atoms with E-state index in [-0.39, 0.29) is 0 Å². The number of ether oxygens (including phenoxy) is 1. The molecule has 0 aliphatic carbocycles. The third-order valence-corrected chi connectivity index (χ3v) is 2.27. The van der Waals surface area contributed by atoms with Crippen LogP contribution in [-0.2, 0) is 9.53 Å². The summed E-state index contributed by atoms with van der Waals surface area (Å²) in [5.74, 6) is 0. The van der Waals surface area contributed by atoms with Gasteiger partial charge in [-0.1, -0.05) is 26.2 Å². The van der Waals surface area contributed by atoms with E-state index in [0.717, 1.165) is 32.5 Å². The van der Waals surface area contributed by atoms with Gasteiger partial charge in [-0.05, 0) is 25.7 Å². The fourth-order valence-corrected chi connectivity index (χ4v) is 1.35. The highest BCUT2D eigenvalue weighted by Gasteiger charge is 1.91. The lowest BCUT2D eigenvalue weighted by Crippen LogP contribution is -1.97. The lowest BCUT2D eigenvalue weighted by molar-refractivity contribution is 0.126. The smallest absolute Gasteiger partial charge is 0.234 e. The number of rotatable bonds is 11. The van der Waals surface area contributed by atoms with Gasteiger partial charge in [0, 0.05) is 13.2 Å². The van der Waals surface area contributed by atoms with Gasteiger partial charge >= 0.3 is 0 Å². The topological polar surface area (TPSA) is 38.7 Å². The molecule has 0 amide bonds. The highest BCUT2D eigenvalue weighted by atomic mass is 16.5. The summed E-state index contributed by atoms with van der Waals surface area (Å²) < 4.78 is 5.48. The van der Waals surface area contributed by atoms with E-state index >= 15 is 0 Å². The van der Waals surface area contributed by atoms with Crippen LogP contribution in [0.5, 0.6) is 0 Å². The van der Waals surface area contributed by atoms with Crippen molar-refractivity contribution in [2.24, 2.45) is 4.99 Å². The van der Waals surface area contributed by atoms with Gasteiger partial charge in [0.25, 0.3) is 0 Å². The SMILES string of the molecule is CCCCCCOCCCCCN=C=O. The number of nitrogens with zero attached hydrogens (tertiary/aromatic N) is 1. The molecule has 0 aliphatic rings. The Balaban J connectivity index is 2.89. The molecule has 0 spiro atoms. The Morgan fingerprint density at radius 1 is 1.00 bits per heavy atom. The molecule has 3 nitrogen and oxygen atoms in total. The quantitative estimate of drug-likeness (QED) is 0.300. The van der Waals surface area contributed by atoms with E-state index in [1.54, 1.807) is 6.08 Å². The monoisotopic (exact) mass is 213 g/mol. The Hall–Kier alpha value is -0.660. The van der Waals surface area contributed by atoms with Crippen LogP contribution in [0.1, 0.15) is 51.9 Å². The highest BCUT2D eigenvalue weighted by Crippen LogP contribution is 2.00. The molecule has 88 valence electrons. The van der Waals surface area contributed by atoms with Crippen molar-refractivity contribution in [3.05, 3.63) is 0 Å². The van der Waals surface area contributed by atoms with Gasteiger partial charge in [-0.3, -0.25) is 0 Å². The van der Waals surface area contributed by atoms with Crippen LogP contribution in [0.15, 0.2) is 4.99 Å². The number of hydrogen-bond donors (Lipinski definition) is 0. The largest absolute Gasteiger partial charge is 0.381 e. The summed E-state index contributed by atoms with van der Waals surface area (Å²) in [6.07, 6.45) is 9.72. The molecule has 0 unspecified atom stereocenters. The second-order valence-corrected chi connectivity index (χ2v) is 3.71. The minimum atomic E-state index is 0.611. The van der Waals surface area contributed by atoms with Crippen LogP contribution in [0.2, 0.25) is 0 Å². The first-order valence-electron chi connectivity index (χ1n) is 6.03. The predicted molar refractivity (Wildman–Crippen MR) is 61.8 cm³/mol. The number of carbonyl (C=O) groups excluding carboxylic acids is 1. The Bertz CT molecular complexity index is 165. The number of hydrogen-bond acceptors (Lipinski definition) is 3. The van der Waals surface area contributed by atoms with E-state index in [1.165, 1.54) is 25.7 Å². The van der Waals surface area contributed by atoms with Crippen molar-refractivity contribution >= 4 is 6.08 Å². The molecule has 0 saturated heterocycles. The molecule has 3 heteroatoms. The first-order chi connectivity index (χ1) is 7.41. The van der Waals surface area contributed by atoms with Crippen LogP contribution in [-0.4, -0.2) is 25.8 Å². The summed E-state index contributed by atoms with van der Waals surface area (Å²) in [4.78, 5) is 13.2.